The molecular formula is C25H21FN2O. The van der Waals surface area contributed by atoms with Crippen LogP contribution in [0.1, 0.15) is 27.0 Å². The quantitative estimate of drug-likeness (QED) is 0.498. The zero-order valence-corrected chi connectivity index (χ0v) is 16.4. The number of carbonyl (C=O) groups is 1. The average Bonchev–Trinajstić information content (AvgIpc) is 2.73. The Hall–Kier alpha value is -3.53. The van der Waals surface area contributed by atoms with Crippen LogP contribution in [0, 0.1) is 19.7 Å². The molecule has 4 rings (SSSR count). The lowest BCUT2D eigenvalue weighted by Gasteiger charge is -2.13. The molecule has 0 saturated heterocycles. The van der Waals surface area contributed by atoms with Gasteiger partial charge >= 0.3 is 0 Å². The van der Waals surface area contributed by atoms with Crippen LogP contribution in [0.2, 0.25) is 0 Å². The van der Waals surface area contributed by atoms with E-state index >= 15 is 0 Å². The van der Waals surface area contributed by atoms with Gasteiger partial charge in [0.25, 0.3) is 5.91 Å². The van der Waals surface area contributed by atoms with Crippen molar-refractivity contribution in [1.29, 1.82) is 0 Å². The second-order valence-corrected chi connectivity index (χ2v) is 7.21. The maximum atomic E-state index is 13.3. The fraction of sp³-hybridized carbons (Fsp3) is 0.120. The molecule has 4 aromatic rings. The van der Waals surface area contributed by atoms with E-state index in [2.05, 4.69) is 11.4 Å². The van der Waals surface area contributed by atoms with Crippen molar-refractivity contribution in [1.82, 2.24) is 10.3 Å². The Bertz CT molecular complexity index is 1190. The molecule has 29 heavy (non-hydrogen) atoms. The Morgan fingerprint density at radius 2 is 1.69 bits per heavy atom. The van der Waals surface area contributed by atoms with Crippen LogP contribution >= 0.6 is 0 Å². The van der Waals surface area contributed by atoms with Gasteiger partial charge < -0.3 is 5.32 Å². The molecule has 0 aliphatic carbocycles. The molecule has 0 atom stereocenters. The minimum atomic E-state index is -0.304. The molecular weight excluding hydrogens is 363 g/mol. The Labute approximate surface area is 169 Å². The van der Waals surface area contributed by atoms with Gasteiger partial charge in [0.05, 0.1) is 16.8 Å². The molecule has 1 amide bonds. The smallest absolute Gasteiger partial charge is 0.252 e. The molecule has 0 spiro atoms. The predicted molar refractivity (Wildman–Crippen MR) is 114 cm³/mol. The molecule has 0 radical (unpaired) electrons. The lowest BCUT2D eigenvalue weighted by atomic mass is 9.99. The number of nitrogens with zero attached hydrogens (tertiary/aromatic N) is 1. The van der Waals surface area contributed by atoms with Crippen LogP contribution in [-0.4, -0.2) is 10.9 Å². The van der Waals surface area contributed by atoms with Gasteiger partial charge in [0.15, 0.2) is 0 Å². The summed E-state index contributed by atoms with van der Waals surface area (Å²) in [6.07, 6.45) is 0. The number of benzene rings is 3. The molecule has 0 saturated carbocycles. The van der Waals surface area contributed by atoms with E-state index in [1.54, 1.807) is 18.2 Å². The number of rotatable bonds is 4. The van der Waals surface area contributed by atoms with Crippen LogP contribution in [0.25, 0.3) is 22.2 Å². The Kier molecular flexibility index (Phi) is 5.09. The first-order valence-corrected chi connectivity index (χ1v) is 9.51. The Morgan fingerprint density at radius 1 is 0.966 bits per heavy atom. The number of hydrogen-bond acceptors (Lipinski definition) is 2. The third-order valence-electron chi connectivity index (χ3n) is 4.93. The molecule has 1 heterocycles. The number of fused-ring (bicyclic) bond motifs is 1. The van der Waals surface area contributed by atoms with E-state index in [4.69, 9.17) is 4.98 Å². The highest BCUT2D eigenvalue weighted by atomic mass is 19.1. The largest absolute Gasteiger partial charge is 0.348 e. The number of hydrogen-bond donors (Lipinski definition) is 1. The van der Waals surface area contributed by atoms with Gasteiger partial charge in [-0.15, -0.1) is 0 Å². The fourth-order valence-electron chi connectivity index (χ4n) is 3.51. The number of nitrogens with one attached hydrogen (secondary N) is 1. The molecule has 0 aliphatic rings. The number of amides is 1. The highest BCUT2D eigenvalue weighted by Crippen LogP contribution is 2.28. The monoisotopic (exact) mass is 384 g/mol. The third-order valence-corrected chi connectivity index (χ3v) is 4.93. The van der Waals surface area contributed by atoms with Crippen molar-refractivity contribution in [3.63, 3.8) is 0 Å². The molecule has 0 unspecified atom stereocenters. The molecule has 144 valence electrons. The molecule has 0 aliphatic heterocycles. The van der Waals surface area contributed by atoms with Crippen LogP contribution in [-0.2, 0) is 6.54 Å². The summed E-state index contributed by atoms with van der Waals surface area (Å²) in [5, 5.41) is 3.83. The lowest BCUT2D eigenvalue weighted by molar-refractivity contribution is 0.0952. The maximum Gasteiger partial charge on any atom is 0.252 e. The average molecular weight is 384 g/mol. The normalized spacial score (nSPS) is 10.9. The van der Waals surface area contributed by atoms with Crippen molar-refractivity contribution >= 4 is 16.8 Å². The zero-order chi connectivity index (χ0) is 20.4. The van der Waals surface area contributed by atoms with E-state index in [1.807, 2.05) is 50.2 Å². The molecule has 3 nitrogen and oxygen atoms in total. The van der Waals surface area contributed by atoms with Crippen LogP contribution in [0.3, 0.4) is 0 Å². The van der Waals surface area contributed by atoms with Crippen molar-refractivity contribution in [2.75, 3.05) is 0 Å². The fourth-order valence-corrected chi connectivity index (χ4v) is 3.51. The number of aromatic nitrogens is 1. The van der Waals surface area contributed by atoms with Crippen molar-refractivity contribution in [2.45, 2.75) is 20.4 Å². The van der Waals surface area contributed by atoms with Crippen LogP contribution < -0.4 is 5.32 Å². The van der Waals surface area contributed by atoms with Crippen LogP contribution in [0.15, 0.2) is 72.8 Å². The SMILES string of the molecule is Cc1cc(C)c2nc(-c3ccc(F)cc3)cc(C(=O)NCc3ccccc3)c2c1. The predicted octanol–water partition coefficient (Wildman–Crippen LogP) is 5.59. The second kappa shape index (κ2) is 7.84. The minimum absolute atomic E-state index is 0.158. The first-order chi connectivity index (χ1) is 14.0. The van der Waals surface area contributed by atoms with Gasteiger partial charge in [-0.05, 0) is 61.4 Å². The van der Waals surface area contributed by atoms with Gasteiger partial charge in [0, 0.05) is 17.5 Å². The summed E-state index contributed by atoms with van der Waals surface area (Å²) in [5.74, 6) is -0.461. The highest BCUT2D eigenvalue weighted by molar-refractivity contribution is 6.08. The Morgan fingerprint density at radius 3 is 2.41 bits per heavy atom. The highest BCUT2D eigenvalue weighted by Gasteiger charge is 2.16. The standard InChI is InChI=1S/C25H21FN2O/c1-16-12-17(2)24-21(13-16)22(25(29)27-15-18-6-4-3-5-7-18)14-23(28-24)19-8-10-20(26)11-9-19/h3-14H,15H2,1-2H3,(H,27,29). The first-order valence-electron chi connectivity index (χ1n) is 9.51. The molecule has 3 aromatic carbocycles. The zero-order valence-electron chi connectivity index (χ0n) is 16.4. The van der Waals surface area contributed by atoms with E-state index < -0.39 is 0 Å². The Balaban J connectivity index is 1.79. The van der Waals surface area contributed by atoms with Gasteiger partial charge in [0.2, 0.25) is 0 Å². The molecule has 0 bridgehead atoms. The van der Waals surface area contributed by atoms with Crippen LogP contribution in [0.4, 0.5) is 4.39 Å². The van der Waals surface area contributed by atoms with E-state index in [-0.39, 0.29) is 11.7 Å². The van der Waals surface area contributed by atoms with E-state index in [9.17, 15) is 9.18 Å². The lowest BCUT2D eigenvalue weighted by Crippen LogP contribution is -2.23. The van der Waals surface area contributed by atoms with Gasteiger partial charge in [-0.2, -0.15) is 0 Å². The van der Waals surface area contributed by atoms with E-state index in [1.165, 1.54) is 12.1 Å². The van der Waals surface area contributed by atoms with Gasteiger partial charge in [0.1, 0.15) is 5.82 Å². The van der Waals surface area contributed by atoms with Crippen molar-refractivity contribution in [3.05, 3.63) is 101 Å². The number of pyridine rings is 1. The van der Waals surface area contributed by atoms with Gasteiger partial charge in [-0.1, -0.05) is 42.0 Å². The summed E-state index contributed by atoms with van der Waals surface area (Å²) < 4.78 is 13.3. The number of aryl methyl sites for hydroxylation is 2. The van der Waals surface area contributed by atoms with E-state index in [0.29, 0.717) is 17.8 Å². The summed E-state index contributed by atoms with van der Waals surface area (Å²) in [6, 6.07) is 21.8. The number of halogens is 1. The minimum Gasteiger partial charge on any atom is -0.348 e. The van der Waals surface area contributed by atoms with Crippen molar-refractivity contribution < 1.29 is 9.18 Å². The third kappa shape index (κ3) is 4.02. The van der Waals surface area contributed by atoms with Gasteiger partial charge in [-0.25, -0.2) is 9.37 Å². The summed E-state index contributed by atoms with van der Waals surface area (Å²) >= 11 is 0. The van der Waals surface area contributed by atoms with Crippen molar-refractivity contribution in [2.24, 2.45) is 0 Å². The summed E-state index contributed by atoms with van der Waals surface area (Å²) in [5.41, 5.74) is 5.87. The second-order valence-electron chi connectivity index (χ2n) is 7.21. The molecule has 0 fully saturated rings. The number of carbonyl (C=O) groups excluding carboxylic acids is 1. The topological polar surface area (TPSA) is 42.0 Å². The molecule has 4 heteroatoms. The molecule has 1 aromatic heterocycles. The first kappa shape index (κ1) is 18.8. The maximum absolute atomic E-state index is 13.3. The molecule has 1 N–H and O–H groups in total. The summed E-state index contributed by atoms with van der Waals surface area (Å²) in [7, 11) is 0. The van der Waals surface area contributed by atoms with E-state index in [0.717, 1.165) is 33.2 Å². The summed E-state index contributed by atoms with van der Waals surface area (Å²) in [4.78, 5) is 17.9. The van der Waals surface area contributed by atoms with Crippen molar-refractivity contribution in [3.8, 4) is 11.3 Å². The summed E-state index contributed by atoms with van der Waals surface area (Å²) in [6.45, 7) is 4.44. The van der Waals surface area contributed by atoms with Gasteiger partial charge in [-0.3, -0.25) is 4.79 Å². The van der Waals surface area contributed by atoms with Crippen LogP contribution in [0.5, 0.6) is 0 Å².